The number of carbonyl (C=O) groups is 1. The van der Waals surface area contributed by atoms with Crippen LogP contribution in [0.25, 0.3) is 0 Å². The molecule has 0 spiro atoms. The normalized spacial score (nSPS) is 10.3. The summed E-state index contributed by atoms with van der Waals surface area (Å²) in [7, 11) is 0. The fourth-order valence-corrected chi connectivity index (χ4v) is 2.03. The van der Waals surface area contributed by atoms with Gasteiger partial charge in [0.05, 0.1) is 12.4 Å². The first kappa shape index (κ1) is 15.9. The van der Waals surface area contributed by atoms with Gasteiger partial charge in [-0.05, 0) is 25.0 Å². The maximum Gasteiger partial charge on any atom is 0.271 e. The summed E-state index contributed by atoms with van der Waals surface area (Å²) in [6.07, 6.45) is 6.31. The zero-order valence-corrected chi connectivity index (χ0v) is 13.1. The molecular weight excluding hydrogens is 276 g/mol. The van der Waals surface area contributed by atoms with Crippen molar-refractivity contribution < 1.29 is 4.79 Å². The lowest BCUT2D eigenvalue weighted by Crippen LogP contribution is -2.25. The molecule has 0 saturated heterocycles. The van der Waals surface area contributed by atoms with Gasteiger partial charge >= 0.3 is 0 Å². The molecule has 0 radical (unpaired) electrons. The molecule has 0 atom stereocenters. The summed E-state index contributed by atoms with van der Waals surface area (Å²) < 4.78 is 0. The van der Waals surface area contributed by atoms with Gasteiger partial charge in [0.1, 0.15) is 11.5 Å². The first-order chi connectivity index (χ1) is 10.7. The second-order valence-electron chi connectivity index (χ2n) is 5.19. The summed E-state index contributed by atoms with van der Waals surface area (Å²) in [6, 6.07) is 7.94. The fraction of sp³-hybridized carbons (Fsp3) is 0.353. The third-order valence-electron chi connectivity index (χ3n) is 3.36. The van der Waals surface area contributed by atoms with E-state index in [-0.39, 0.29) is 5.91 Å². The lowest BCUT2D eigenvalue weighted by molar-refractivity contribution is 0.0947. The quantitative estimate of drug-likeness (QED) is 0.768. The van der Waals surface area contributed by atoms with Crippen LogP contribution < -0.4 is 10.6 Å². The number of amides is 1. The molecule has 2 N–H and O–H groups in total. The Morgan fingerprint density at radius 2 is 1.95 bits per heavy atom. The number of aryl methyl sites for hydroxylation is 1. The van der Waals surface area contributed by atoms with E-state index in [1.54, 1.807) is 6.20 Å². The highest BCUT2D eigenvalue weighted by atomic mass is 16.1. The summed E-state index contributed by atoms with van der Waals surface area (Å²) in [4.78, 5) is 20.3. The van der Waals surface area contributed by atoms with Crippen LogP contribution in [-0.2, 0) is 0 Å². The smallest absolute Gasteiger partial charge is 0.271 e. The Morgan fingerprint density at radius 3 is 2.64 bits per heavy atom. The van der Waals surface area contributed by atoms with E-state index < -0.39 is 0 Å². The van der Waals surface area contributed by atoms with Crippen molar-refractivity contribution in [3.05, 3.63) is 47.9 Å². The SMILES string of the molecule is CCCCCNC(=O)c1cnc(Nc2ccccc2C)cn1. The van der Waals surface area contributed by atoms with E-state index >= 15 is 0 Å². The Bertz CT molecular complexity index is 610. The van der Waals surface area contributed by atoms with E-state index in [1.165, 1.54) is 6.20 Å². The van der Waals surface area contributed by atoms with E-state index in [4.69, 9.17) is 0 Å². The predicted octanol–water partition coefficient (Wildman–Crippen LogP) is 3.45. The summed E-state index contributed by atoms with van der Waals surface area (Å²) in [5.41, 5.74) is 2.45. The fourth-order valence-electron chi connectivity index (χ4n) is 2.03. The standard InChI is InChI=1S/C17H22N4O/c1-3-4-7-10-18-17(22)15-11-20-16(12-19-15)21-14-9-6-5-8-13(14)2/h5-6,8-9,11-12H,3-4,7,10H2,1-2H3,(H,18,22)(H,20,21). The van der Waals surface area contributed by atoms with Crippen molar-refractivity contribution in [1.29, 1.82) is 0 Å². The molecule has 1 aromatic carbocycles. The average Bonchev–Trinajstić information content (AvgIpc) is 2.54. The minimum atomic E-state index is -0.175. The van der Waals surface area contributed by atoms with Gasteiger partial charge in [-0.2, -0.15) is 0 Å². The molecule has 0 bridgehead atoms. The topological polar surface area (TPSA) is 66.9 Å². The van der Waals surface area contributed by atoms with Crippen molar-refractivity contribution in [2.24, 2.45) is 0 Å². The Hall–Kier alpha value is -2.43. The van der Waals surface area contributed by atoms with Crippen LogP contribution in [0.15, 0.2) is 36.7 Å². The van der Waals surface area contributed by atoms with E-state index in [1.807, 2.05) is 31.2 Å². The number of nitrogens with one attached hydrogen (secondary N) is 2. The number of nitrogens with zero attached hydrogens (tertiary/aromatic N) is 2. The summed E-state index contributed by atoms with van der Waals surface area (Å²) in [5.74, 6) is 0.447. The van der Waals surface area contributed by atoms with Crippen LogP contribution in [0.2, 0.25) is 0 Å². The zero-order chi connectivity index (χ0) is 15.8. The van der Waals surface area contributed by atoms with E-state index in [2.05, 4.69) is 27.5 Å². The third-order valence-corrected chi connectivity index (χ3v) is 3.36. The molecule has 0 aliphatic heterocycles. The number of para-hydroxylation sites is 1. The molecule has 0 aliphatic rings. The van der Waals surface area contributed by atoms with Gasteiger partial charge in [-0.15, -0.1) is 0 Å². The van der Waals surface area contributed by atoms with E-state index in [0.717, 1.165) is 30.5 Å². The Labute approximate surface area is 131 Å². The molecule has 5 heteroatoms. The first-order valence-corrected chi connectivity index (χ1v) is 7.63. The molecule has 0 saturated carbocycles. The minimum absolute atomic E-state index is 0.175. The summed E-state index contributed by atoms with van der Waals surface area (Å²) >= 11 is 0. The summed E-state index contributed by atoms with van der Waals surface area (Å²) in [6.45, 7) is 4.83. The average molecular weight is 298 g/mol. The number of unbranched alkanes of at least 4 members (excludes halogenated alkanes) is 2. The largest absolute Gasteiger partial charge is 0.351 e. The Balaban J connectivity index is 1.92. The van der Waals surface area contributed by atoms with E-state index in [0.29, 0.717) is 18.1 Å². The van der Waals surface area contributed by atoms with Crippen molar-refractivity contribution in [2.75, 3.05) is 11.9 Å². The number of hydrogen-bond acceptors (Lipinski definition) is 4. The molecule has 22 heavy (non-hydrogen) atoms. The highest BCUT2D eigenvalue weighted by Gasteiger charge is 2.07. The maximum atomic E-state index is 11.9. The molecular formula is C17H22N4O. The van der Waals surface area contributed by atoms with Gasteiger partial charge in [-0.3, -0.25) is 4.79 Å². The van der Waals surface area contributed by atoms with Crippen LogP contribution in [0.3, 0.4) is 0 Å². The maximum absolute atomic E-state index is 11.9. The van der Waals surface area contributed by atoms with Gasteiger partial charge < -0.3 is 10.6 Å². The van der Waals surface area contributed by atoms with Gasteiger partial charge in [0.25, 0.3) is 5.91 Å². The van der Waals surface area contributed by atoms with Crippen LogP contribution in [0.1, 0.15) is 42.2 Å². The van der Waals surface area contributed by atoms with E-state index in [9.17, 15) is 4.79 Å². The monoisotopic (exact) mass is 298 g/mol. The lowest BCUT2D eigenvalue weighted by Gasteiger charge is -2.08. The lowest BCUT2D eigenvalue weighted by atomic mass is 10.2. The van der Waals surface area contributed by atoms with Crippen molar-refractivity contribution in [3.63, 3.8) is 0 Å². The molecule has 2 rings (SSSR count). The highest BCUT2D eigenvalue weighted by Crippen LogP contribution is 2.17. The van der Waals surface area contributed by atoms with Gasteiger partial charge in [-0.25, -0.2) is 9.97 Å². The molecule has 1 amide bonds. The molecule has 1 aromatic heterocycles. The highest BCUT2D eigenvalue weighted by molar-refractivity contribution is 5.92. The predicted molar refractivity (Wildman–Crippen MR) is 88.4 cm³/mol. The molecule has 2 aromatic rings. The van der Waals surface area contributed by atoms with Crippen molar-refractivity contribution in [1.82, 2.24) is 15.3 Å². The molecule has 0 aliphatic carbocycles. The zero-order valence-electron chi connectivity index (χ0n) is 13.1. The van der Waals surface area contributed by atoms with Gasteiger partial charge in [0, 0.05) is 12.2 Å². The van der Waals surface area contributed by atoms with Crippen LogP contribution >= 0.6 is 0 Å². The molecule has 116 valence electrons. The van der Waals surface area contributed by atoms with Crippen LogP contribution in [0, 0.1) is 6.92 Å². The van der Waals surface area contributed by atoms with Crippen LogP contribution in [0.5, 0.6) is 0 Å². The van der Waals surface area contributed by atoms with Crippen LogP contribution in [0.4, 0.5) is 11.5 Å². The minimum Gasteiger partial charge on any atom is -0.351 e. The second kappa shape index (κ2) is 8.12. The number of aromatic nitrogens is 2. The van der Waals surface area contributed by atoms with Crippen LogP contribution in [-0.4, -0.2) is 22.4 Å². The summed E-state index contributed by atoms with van der Waals surface area (Å²) in [5, 5.41) is 6.04. The molecule has 1 heterocycles. The van der Waals surface area contributed by atoms with Gasteiger partial charge in [-0.1, -0.05) is 38.0 Å². The van der Waals surface area contributed by atoms with Crippen molar-refractivity contribution in [2.45, 2.75) is 33.1 Å². The van der Waals surface area contributed by atoms with Gasteiger partial charge in [0.15, 0.2) is 0 Å². The molecule has 5 nitrogen and oxygen atoms in total. The molecule has 0 unspecified atom stereocenters. The number of benzene rings is 1. The number of anilines is 2. The Morgan fingerprint density at radius 1 is 1.14 bits per heavy atom. The van der Waals surface area contributed by atoms with Crippen molar-refractivity contribution >= 4 is 17.4 Å². The van der Waals surface area contributed by atoms with Crippen molar-refractivity contribution in [3.8, 4) is 0 Å². The number of hydrogen-bond donors (Lipinski definition) is 2. The second-order valence-corrected chi connectivity index (χ2v) is 5.19. The third kappa shape index (κ3) is 4.55. The Kier molecular flexibility index (Phi) is 5.89. The molecule has 0 fully saturated rings. The van der Waals surface area contributed by atoms with Gasteiger partial charge in [0.2, 0.25) is 0 Å². The number of rotatable bonds is 7. The number of carbonyl (C=O) groups excluding carboxylic acids is 1. The first-order valence-electron chi connectivity index (χ1n) is 7.63.